The fourth-order valence-corrected chi connectivity index (χ4v) is 4.47. The average Bonchev–Trinajstić information content (AvgIpc) is 3.41. The van der Waals surface area contributed by atoms with Gasteiger partial charge in [0, 0.05) is 30.7 Å². The van der Waals surface area contributed by atoms with E-state index in [9.17, 15) is 5.11 Å². The highest BCUT2D eigenvalue weighted by Gasteiger charge is 2.38. The quantitative estimate of drug-likeness (QED) is 0.339. The summed E-state index contributed by atoms with van der Waals surface area (Å²) < 4.78 is 2.01. The number of imidazole rings is 1. The van der Waals surface area contributed by atoms with Crippen LogP contribution in [0.1, 0.15) is 11.4 Å². The molecule has 168 valence electrons. The van der Waals surface area contributed by atoms with Crippen LogP contribution in [-0.2, 0) is 5.60 Å². The molecule has 5 aromatic rings. The molecule has 4 nitrogen and oxygen atoms in total. The highest BCUT2D eigenvalue weighted by Crippen LogP contribution is 2.35. The largest absolute Gasteiger partial charge is 0.375 e. The minimum absolute atomic E-state index is 0.339. The van der Waals surface area contributed by atoms with Crippen LogP contribution in [0, 0.1) is 0 Å². The van der Waals surface area contributed by atoms with Crippen LogP contribution in [0.25, 0.3) is 16.8 Å². The molecule has 0 aliphatic rings. The zero-order chi connectivity index (χ0) is 23.4. The molecule has 0 amide bonds. The Morgan fingerprint density at radius 2 is 1.35 bits per heavy atom. The first kappa shape index (κ1) is 21.7. The van der Waals surface area contributed by atoms with Crippen LogP contribution in [-0.4, -0.2) is 28.3 Å². The van der Waals surface area contributed by atoms with Crippen molar-refractivity contribution < 1.29 is 5.11 Å². The minimum Gasteiger partial charge on any atom is -0.375 e. The number of aliphatic hydroxyl groups is 1. The van der Waals surface area contributed by atoms with E-state index < -0.39 is 5.60 Å². The number of hydrogen-bond donors (Lipinski definition) is 1. The Labute approximate surface area is 200 Å². The predicted molar refractivity (Wildman–Crippen MR) is 138 cm³/mol. The SMILES string of the molecule is CN(CC(O)(c1ccccc1)c1nccn1-c1ccccc1-c1ccccc1)c1ccccc1. The van der Waals surface area contributed by atoms with Gasteiger partial charge in [0.15, 0.2) is 11.4 Å². The summed E-state index contributed by atoms with van der Waals surface area (Å²) in [7, 11) is 1.99. The Morgan fingerprint density at radius 3 is 2.06 bits per heavy atom. The lowest BCUT2D eigenvalue weighted by atomic mass is 9.91. The van der Waals surface area contributed by atoms with Gasteiger partial charge in [0.1, 0.15) is 0 Å². The molecule has 5 rings (SSSR count). The van der Waals surface area contributed by atoms with Gasteiger partial charge in [-0.15, -0.1) is 0 Å². The van der Waals surface area contributed by atoms with Gasteiger partial charge in [0.2, 0.25) is 0 Å². The number of hydrogen-bond acceptors (Lipinski definition) is 3. The highest BCUT2D eigenvalue weighted by molar-refractivity contribution is 5.73. The Bertz CT molecular complexity index is 1350. The number of rotatable bonds is 7. The van der Waals surface area contributed by atoms with Crippen LogP contribution in [0.4, 0.5) is 5.69 Å². The molecule has 0 aliphatic heterocycles. The first-order valence-electron chi connectivity index (χ1n) is 11.4. The Morgan fingerprint density at radius 1 is 0.765 bits per heavy atom. The summed E-state index contributed by atoms with van der Waals surface area (Å²) >= 11 is 0. The van der Waals surface area contributed by atoms with Gasteiger partial charge in [0.05, 0.1) is 12.2 Å². The van der Waals surface area contributed by atoms with Crippen LogP contribution in [0.15, 0.2) is 128 Å². The molecule has 1 unspecified atom stereocenters. The van der Waals surface area contributed by atoms with Gasteiger partial charge in [-0.25, -0.2) is 4.98 Å². The van der Waals surface area contributed by atoms with Crippen LogP contribution >= 0.6 is 0 Å². The monoisotopic (exact) mass is 445 g/mol. The van der Waals surface area contributed by atoms with E-state index in [4.69, 9.17) is 4.98 Å². The van der Waals surface area contributed by atoms with E-state index in [1.54, 1.807) is 6.20 Å². The van der Waals surface area contributed by atoms with Gasteiger partial charge >= 0.3 is 0 Å². The minimum atomic E-state index is -1.35. The average molecular weight is 446 g/mol. The van der Waals surface area contributed by atoms with Crippen molar-refractivity contribution >= 4 is 5.69 Å². The van der Waals surface area contributed by atoms with Gasteiger partial charge in [-0.3, -0.25) is 0 Å². The molecule has 0 spiro atoms. The molecule has 0 aliphatic carbocycles. The number of anilines is 1. The van der Waals surface area contributed by atoms with Crippen LogP contribution in [0.2, 0.25) is 0 Å². The summed E-state index contributed by atoms with van der Waals surface area (Å²) in [4.78, 5) is 6.77. The second-order valence-electron chi connectivity index (χ2n) is 8.42. The predicted octanol–water partition coefficient (Wildman–Crippen LogP) is 5.91. The van der Waals surface area contributed by atoms with E-state index in [0.717, 1.165) is 28.1 Å². The maximum absolute atomic E-state index is 12.4. The first-order chi connectivity index (χ1) is 16.7. The molecule has 4 heteroatoms. The molecule has 0 saturated heterocycles. The first-order valence-corrected chi connectivity index (χ1v) is 11.4. The lowest BCUT2D eigenvalue weighted by molar-refractivity contribution is 0.0778. The van der Waals surface area contributed by atoms with Crippen molar-refractivity contribution in [3.05, 3.63) is 139 Å². The van der Waals surface area contributed by atoms with Gasteiger partial charge in [-0.05, 0) is 29.3 Å². The molecule has 34 heavy (non-hydrogen) atoms. The van der Waals surface area contributed by atoms with Crippen molar-refractivity contribution in [2.24, 2.45) is 0 Å². The smallest absolute Gasteiger partial charge is 0.165 e. The summed E-state index contributed by atoms with van der Waals surface area (Å²) in [5.74, 6) is 0.574. The molecular formula is C30H27N3O. The Kier molecular flexibility index (Phi) is 5.98. The Balaban J connectivity index is 1.65. The molecule has 1 aromatic heterocycles. The van der Waals surface area contributed by atoms with E-state index in [1.807, 2.05) is 109 Å². The van der Waals surface area contributed by atoms with Crippen molar-refractivity contribution in [1.29, 1.82) is 0 Å². The third-order valence-corrected chi connectivity index (χ3v) is 6.17. The zero-order valence-corrected chi connectivity index (χ0v) is 19.1. The molecule has 0 saturated carbocycles. The Hall–Kier alpha value is -4.15. The molecule has 1 atom stereocenters. The molecule has 0 radical (unpaired) electrons. The normalized spacial score (nSPS) is 12.8. The lowest BCUT2D eigenvalue weighted by Crippen LogP contribution is -2.42. The van der Waals surface area contributed by atoms with Gasteiger partial charge in [-0.2, -0.15) is 0 Å². The maximum Gasteiger partial charge on any atom is 0.165 e. The van der Waals surface area contributed by atoms with E-state index in [1.165, 1.54) is 0 Å². The second kappa shape index (κ2) is 9.38. The van der Waals surface area contributed by atoms with E-state index in [2.05, 4.69) is 29.2 Å². The van der Waals surface area contributed by atoms with Crippen molar-refractivity contribution in [2.45, 2.75) is 5.60 Å². The third-order valence-electron chi connectivity index (χ3n) is 6.17. The molecule has 1 N–H and O–H groups in total. The summed E-state index contributed by atoms with van der Waals surface area (Å²) in [6.07, 6.45) is 3.68. The van der Waals surface area contributed by atoms with Gasteiger partial charge in [-0.1, -0.05) is 97.1 Å². The molecule has 4 aromatic carbocycles. The van der Waals surface area contributed by atoms with E-state index in [0.29, 0.717) is 12.4 Å². The van der Waals surface area contributed by atoms with Crippen LogP contribution < -0.4 is 4.90 Å². The number of benzene rings is 4. The molecular weight excluding hydrogens is 418 g/mol. The fourth-order valence-electron chi connectivity index (χ4n) is 4.47. The summed E-state index contributed by atoms with van der Waals surface area (Å²) in [5.41, 5.74) is 3.63. The molecule has 1 heterocycles. The van der Waals surface area contributed by atoms with Crippen molar-refractivity contribution in [3.63, 3.8) is 0 Å². The fraction of sp³-hybridized carbons (Fsp3) is 0.100. The topological polar surface area (TPSA) is 41.3 Å². The third kappa shape index (κ3) is 4.12. The van der Waals surface area contributed by atoms with E-state index >= 15 is 0 Å². The number of para-hydroxylation sites is 2. The molecule has 0 fully saturated rings. The zero-order valence-electron chi connectivity index (χ0n) is 19.1. The maximum atomic E-state index is 12.4. The highest BCUT2D eigenvalue weighted by atomic mass is 16.3. The summed E-state index contributed by atoms with van der Waals surface area (Å²) in [6.45, 7) is 0.339. The lowest BCUT2D eigenvalue weighted by Gasteiger charge is -2.34. The standard InChI is InChI=1S/C30H27N3O/c1-32(26-17-9-4-10-18-26)23-30(34,25-15-7-3-8-16-25)29-31-21-22-33(29)28-20-12-11-19-27(28)24-13-5-2-6-14-24/h2-22,34H,23H2,1H3. The van der Waals surface area contributed by atoms with Crippen molar-refractivity contribution in [3.8, 4) is 16.8 Å². The van der Waals surface area contributed by atoms with E-state index in [-0.39, 0.29) is 0 Å². The number of likely N-dealkylation sites (N-methyl/N-ethyl adjacent to an activating group) is 1. The van der Waals surface area contributed by atoms with Crippen LogP contribution in [0.5, 0.6) is 0 Å². The van der Waals surface area contributed by atoms with Crippen LogP contribution in [0.3, 0.4) is 0 Å². The summed E-state index contributed by atoms with van der Waals surface area (Å²) in [5, 5.41) is 12.4. The van der Waals surface area contributed by atoms with Crippen molar-refractivity contribution in [2.75, 3.05) is 18.5 Å². The van der Waals surface area contributed by atoms with Gasteiger partial charge < -0.3 is 14.6 Å². The number of aromatic nitrogens is 2. The van der Waals surface area contributed by atoms with Crippen molar-refractivity contribution in [1.82, 2.24) is 9.55 Å². The molecule has 0 bridgehead atoms. The summed E-state index contributed by atoms with van der Waals surface area (Å²) in [6, 6.07) is 38.4. The van der Waals surface area contributed by atoms with Gasteiger partial charge in [0.25, 0.3) is 0 Å². The number of nitrogens with zero attached hydrogens (tertiary/aromatic N) is 3. The second-order valence-corrected chi connectivity index (χ2v) is 8.42.